The van der Waals surface area contributed by atoms with Gasteiger partial charge in [-0.3, -0.25) is 14.6 Å². The summed E-state index contributed by atoms with van der Waals surface area (Å²) in [5.41, 5.74) is 2.23. The van der Waals surface area contributed by atoms with Gasteiger partial charge in [0.2, 0.25) is 5.91 Å². The maximum atomic E-state index is 12.6. The highest BCUT2D eigenvalue weighted by Gasteiger charge is 2.40. The molecule has 2 unspecified atom stereocenters. The number of fused-ring (bicyclic) bond motifs is 2. The van der Waals surface area contributed by atoms with Gasteiger partial charge in [0, 0.05) is 38.1 Å². The van der Waals surface area contributed by atoms with Crippen LogP contribution in [-0.4, -0.2) is 64.5 Å². The van der Waals surface area contributed by atoms with Gasteiger partial charge in [0.15, 0.2) is 0 Å². The average Bonchev–Trinajstić information content (AvgIpc) is 2.97. The summed E-state index contributed by atoms with van der Waals surface area (Å²) in [4.78, 5) is 29.0. The van der Waals surface area contributed by atoms with E-state index in [4.69, 9.17) is 0 Å². The van der Waals surface area contributed by atoms with Crippen LogP contribution in [-0.2, 0) is 22.6 Å². The molecule has 158 valence electrons. The number of nitrogens with zero attached hydrogens (tertiary/aromatic N) is 2. The molecule has 6 nitrogen and oxygen atoms in total. The second-order valence-electron chi connectivity index (χ2n) is 8.39. The molecule has 2 aromatic carbocycles. The zero-order chi connectivity index (χ0) is 20.9. The van der Waals surface area contributed by atoms with E-state index in [-0.39, 0.29) is 18.9 Å². The first-order valence-electron chi connectivity index (χ1n) is 10.7. The molecule has 2 aromatic rings. The van der Waals surface area contributed by atoms with Gasteiger partial charge in [-0.15, -0.1) is 0 Å². The molecule has 2 heterocycles. The second kappa shape index (κ2) is 9.41. The number of nitrogens with one attached hydrogen (secondary N) is 1. The van der Waals surface area contributed by atoms with Gasteiger partial charge in [-0.2, -0.15) is 0 Å². The number of hydrogen-bond donors (Lipinski definition) is 2. The maximum Gasteiger partial charge on any atom is 0.326 e. The molecule has 30 heavy (non-hydrogen) atoms. The molecule has 0 radical (unpaired) electrons. The Morgan fingerprint density at radius 1 is 0.933 bits per heavy atom. The molecule has 4 rings (SSSR count). The Kier molecular flexibility index (Phi) is 6.45. The number of carbonyl (C=O) groups excluding carboxylic acids is 1. The Labute approximate surface area is 177 Å². The average molecular weight is 408 g/mol. The first kappa shape index (κ1) is 20.6. The molecule has 2 bridgehead atoms. The predicted octanol–water partition coefficient (Wildman–Crippen LogP) is 2.15. The van der Waals surface area contributed by atoms with E-state index in [1.54, 1.807) is 0 Å². The van der Waals surface area contributed by atoms with Gasteiger partial charge in [0.1, 0.15) is 6.04 Å². The van der Waals surface area contributed by atoms with Crippen molar-refractivity contribution < 1.29 is 14.7 Å². The molecule has 2 N–H and O–H groups in total. The smallest absolute Gasteiger partial charge is 0.326 e. The molecular formula is C24H29N3O3. The molecule has 0 spiro atoms. The van der Waals surface area contributed by atoms with Crippen molar-refractivity contribution in [3.63, 3.8) is 0 Å². The van der Waals surface area contributed by atoms with Crippen molar-refractivity contribution >= 4 is 11.9 Å². The van der Waals surface area contributed by atoms with Gasteiger partial charge in [0.05, 0.1) is 6.54 Å². The first-order valence-corrected chi connectivity index (χ1v) is 10.7. The molecule has 2 aliphatic rings. The van der Waals surface area contributed by atoms with E-state index in [9.17, 15) is 14.7 Å². The molecule has 1 amide bonds. The summed E-state index contributed by atoms with van der Waals surface area (Å²) < 4.78 is 0. The lowest BCUT2D eigenvalue weighted by Crippen LogP contribution is -2.56. The fourth-order valence-electron chi connectivity index (χ4n) is 4.75. The molecule has 2 aliphatic heterocycles. The summed E-state index contributed by atoms with van der Waals surface area (Å²) in [7, 11) is 0. The van der Waals surface area contributed by atoms with E-state index in [1.807, 2.05) is 36.4 Å². The third-order valence-corrected chi connectivity index (χ3v) is 6.20. The highest BCUT2D eigenvalue weighted by molar-refractivity contribution is 5.84. The lowest BCUT2D eigenvalue weighted by Gasteiger charge is -2.41. The maximum absolute atomic E-state index is 12.6. The molecule has 6 heteroatoms. The van der Waals surface area contributed by atoms with E-state index in [0.29, 0.717) is 12.1 Å². The number of amides is 1. The van der Waals surface area contributed by atoms with Crippen LogP contribution in [0, 0.1) is 0 Å². The number of likely N-dealkylation sites (tertiary alicyclic amines) is 1. The van der Waals surface area contributed by atoms with Crippen LogP contribution in [0.25, 0.3) is 0 Å². The van der Waals surface area contributed by atoms with E-state index < -0.39 is 12.0 Å². The normalized spacial score (nSPS) is 22.5. The third-order valence-electron chi connectivity index (χ3n) is 6.20. The Bertz CT molecular complexity index is 845. The number of benzene rings is 2. The monoisotopic (exact) mass is 407 g/mol. The largest absolute Gasteiger partial charge is 0.480 e. The summed E-state index contributed by atoms with van der Waals surface area (Å²) in [6.07, 6.45) is 2.60. The van der Waals surface area contributed by atoms with Crippen LogP contribution in [0.2, 0.25) is 0 Å². The topological polar surface area (TPSA) is 72.9 Å². The van der Waals surface area contributed by atoms with Gasteiger partial charge in [-0.1, -0.05) is 60.7 Å². The van der Waals surface area contributed by atoms with E-state index >= 15 is 0 Å². The van der Waals surface area contributed by atoms with Gasteiger partial charge < -0.3 is 10.4 Å². The number of carboxylic acids is 1. The van der Waals surface area contributed by atoms with Gasteiger partial charge in [0.25, 0.3) is 0 Å². The van der Waals surface area contributed by atoms with E-state index in [0.717, 1.165) is 38.0 Å². The van der Waals surface area contributed by atoms with Gasteiger partial charge >= 0.3 is 5.97 Å². The van der Waals surface area contributed by atoms with Crippen LogP contribution in [0.5, 0.6) is 0 Å². The molecule has 0 aliphatic carbocycles. The molecule has 0 saturated carbocycles. The number of carbonyl (C=O) groups is 2. The number of aliphatic carboxylic acids is 1. The fraction of sp³-hybridized carbons (Fsp3) is 0.417. The molecule has 2 saturated heterocycles. The standard InChI is InChI=1S/C24H29N3O3/c28-23(25-22(24(29)30)13-18-7-3-1-4-8-18)17-26-15-20-11-12-21(16-26)27(20)14-19-9-5-2-6-10-19/h1-10,20-22H,11-17H2,(H,25,28)(H,29,30)/t20?,21?,22-/m0/s1. The Morgan fingerprint density at radius 2 is 1.50 bits per heavy atom. The number of piperazine rings is 1. The van der Waals surface area contributed by atoms with Crippen LogP contribution in [0.15, 0.2) is 60.7 Å². The van der Waals surface area contributed by atoms with Gasteiger partial charge in [-0.05, 0) is 24.0 Å². The first-order chi connectivity index (χ1) is 14.6. The summed E-state index contributed by atoms with van der Waals surface area (Å²) in [6, 6.07) is 19.9. The van der Waals surface area contributed by atoms with Crippen molar-refractivity contribution in [2.24, 2.45) is 0 Å². The lowest BCUT2D eigenvalue weighted by atomic mass is 10.1. The lowest BCUT2D eigenvalue weighted by molar-refractivity contribution is -0.142. The highest BCUT2D eigenvalue weighted by atomic mass is 16.4. The number of hydrogen-bond acceptors (Lipinski definition) is 4. The van der Waals surface area contributed by atoms with Gasteiger partial charge in [-0.25, -0.2) is 4.79 Å². The van der Waals surface area contributed by atoms with Crippen molar-refractivity contribution in [2.45, 2.75) is 43.9 Å². The van der Waals surface area contributed by atoms with E-state index in [2.05, 4.69) is 39.4 Å². The molecule has 2 fully saturated rings. The fourth-order valence-corrected chi connectivity index (χ4v) is 4.75. The summed E-state index contributed by atoms with van der Waals surface area (Å²) in [5, 5.41) is 12.2. The molecule has 0 aromatic heterocycles. The SMILES string of the molecule is O=C(CN1CC2CCC(C1)N2Cc1ccccc1)N[C@@H](Cc1ccccc1)C(=O)O. The van der Waals surface area contributed by atoms with Crippen LogP contribution < -0.4 is 5.32 Å². The Morgan fingerprint density at radius 3 is 2.07 bits per heavy atom. The molecular weight excluding hydrogens is 378 g/mol. The zero-order valence-corrected chi connectivity index (χ0v) is 17.1. The Hall–Kier alpha value is -2.70. The van der Waals surface area contributed by atoms with Crippen molar-refractivity contribution in [3.8, 4) is 0 Å². The second-order valence-corrected chi connectivity index (χ2v) is 8.39. The quantitative estimate of drug-likeness (QED) is 0.702. The minimum atomic E-state index is -1.00. The predicted molar refractivity (Wildman–Crippen MR) is 115 cm³/mol. The Balaban J connectivity index is 1.30. The van der Waals surface area contributed by atoms with E-state index in [1.165, 1.54) is 5.56 Å². The van der Waals surface area contributed by atoms with Crippen LogP contribution in [0.4, 0.5) is 0 Å². The zero-order valence-electron chi connectivity index (χ0n) is 17.1. The minimum Gasteiger partial charge on any atom is -0.480 e. The van der Waals surface area contributed by atoms with Crippen molar-refractivity contribution in [2.75, 3.05) is 19.6 Å². The van der Waals surface area contributed by atoms with Crippen molar-refractivity contribution in [3.05, 3.63) is 71.8 Å². The molecule has 3 atom stereocenters. The van der Waals surface area contributed by atoms with Crippen molar-refractivity contribution in [1.29, 1.82) is 0 Å². The number of carboxylic acid groups (broad SMARTS) is 1. The van der Waals surface area contributed by atoms with Crippen molar-refractivity contribution in [1.82, 2.24) is 15.1 Å². The van der Waals surface area contributed by atoms with Crippen LogP contribution in [0.3, 0.4) is 0 Å². The highest BCUT2D eigenvalue weighted by Crippen LogP contribution is 2.31. The summed E-state index contributed by atoms with van der Waals surface area (Å²) >= 11 is 0. The summed E-state index contributed by atoms with van der Waals surface area (Å²) in [6.45, 7) is 2.92. The number of rotatable bonds is 8. The minimum absolute atomic E-state index is 0.214. The van der Waals surface area contributed by atoms with Crippen LogP contribution >= 0.6 is 0 Å². The third kappa shape index (κ3) is 5.07. The summed E-state index contributed by atoms with van der Waals surface area (Å²) in [5.74, 6) is -1.21. The van der Waals surface area contributed by atoms with Crippen LogP contribution in [0.1, 0.15) is 24.0 Å².